The lowest BCUT2D eigenvalue weighted by Gasteiger charge is -2.09. The van der Waals surface area contributed by atoms with E-state index in [4.69, 9.17) is 9.47 Å². The summed E-state index contributed by atoms with van der Waals surface area (Å²) >= 11 is 3.40. The topological polar surface area (TPSA) is 30.5 Å². The van der Waals surface area contributed by atoms with Gasteiger partial charge in [-0.15, -0.1) is 0 Å². The number of rotatable bonds is 10. The van der Waals surface area contributed by atoms with E-state index >= 15 is 0 Å². The Labute approximate surface area is 124 Å². The molecule has 1 aromatic carbocycles. The third-order valence-electron chi connectivity index (χ3n) is 2.56. The molecule has 0 radical (unpaired) electrons. The van der Waals surface area contributed by atoms with Gasteiger partial charge in [-0.1, -0.05) is 15.9 Å². The van der Waals surface area contributed by atoms with Crippen LogP contribution in [0.1, 0.15) is 26.7 Å². The number of unbranched alkanes of at least 4 members (excludes halogenated alkanes) is 1. The Balaban J connectivity index is 1.90. The van der Waals surface area contributed by atoms with Crippen molar-refractivity contribution in [1.82, 2.24) is 5.32 Å². The van der Waals surface area contributed by atoms with Crippen molar-refractivity contribution in [2.24, 2.45) is 0 Å². The van der Waals surface area contributed by atoms with Crippen molar-refractivity contribution in [2.75, 3.05) is 26.3 Å². The molecule has 0 aromatic heterocycles. The zero-order valence-corrected chi connectivity index (χ0v) is 13.4. The molecular formula is C15H24BrNO2. The molecule has 0 spiro atoms. The van der Waals surface area contributed by atoms with Crippen LogP contribution in [0.5, 0.6) is 5.75 Å². The highest BCUT2D eigenvalue weighted by molar-refractivity contribution is 9.10. The fourth-order valence-corrected chi connectivity index (χ4v) is 1.83. The van der Waals surface area contributed by atoms with Gasteiger partial charge in [-0.05, 0) is 57.5 Å². The van der Waals surface area contributed by atoms with Crippen LogP contribution in [-0.2, 0) is 4.74 Å². The summed E-state index contributed by atoms with van der Waals surface area (Å²) in [7, 11) is 0. The summed E-state index contributed by atoms with van der Waals surface area (Å²) in [6, 6.07) is 7.90. The van der Waals surface area contributed by atoms with Gasteiger partial charge in [0.2, 0.25) is 0 Å². The van der Waals surface area contributed by atoms with E-state index in [1.54, 1.807) is 0 Å². The van der Waals surface area contributed by atoms with E-state index < -0.39 is 0 Å². The van der Waals surface area contributed by atoms with Crippen LogP contribution < -0.4 is 10.1 Å². The van der Waals surface area contributed by atoms with Crippen LogP contribution in [0.2, 0.25) is 0 Å². The number of hydrogen-bond acceptors (Lipinski definition) is 3. The summed E-state index contributed by atoms with van der Waals surface area (Å²) in [6.45, 7) is 7.58. The summed E-state index contributed by atoms with van der Waals surface area (Å²) in [4.78, 5) is 0. The minimum Gasteiger partial charge on any atom is -0.492 e. The lowest BCUT2D eigenvalue weighted by Crippen LogP contribution is -2.22. The highest BCUT2D eigenvalue weighted by Gasteiger charge is 1.95. The highest BCUT2D eigenvalue weighted by atomic mass is 79.9. The fourth-order valence-electron chi connectivity index (χ4n) is 1.57. The zero-order valence-electron chi connectivity index (χ0n) is 11.8. The predicted molar refractivity (Wildman–Crippen MR) is 82.8 cm³/mol. The quantitative estimate of drug-likeness (QED) is 0.665. The molecule has 108 valence electrons. The molecule has 0 aliphatic carbocycles. The molecule has 0 bridgehead atoms. The molecule has 1 aromatic rings. The number of nitrogens with one attached hydrogen (secondary N) is 1. The molecule has 19 heavy (non-hydrogen) atoms. The zero-order chi connectivity index (χ0) is 13.9. The molecule has 4 heteroatoms. The van der Waals surface area contributed by atoms with Gasteiger partial charge in [-0.25, -0.2) is 0 Å². The van der Waals surface area contributed by atoms with Gasteiger partial charge in [0.05, 0.1) is 6.10 Å². The summed E-state index contributed by atoms with van der Waals surface area (Å²) in [6.07, 6.45) is 2.59. The Morgan fingerprint density at radius 3 is 2.47 bits per heavy atom. The molecule has 0 saturated carbocycles. The monoisotopic (exact) mass is 329 g/mol. The molecule has 0 atom stereocenters. The van der Waals surface area contributed by atoms with Gasteiger partial charge in [0.15, 0.2) is 0 Å². The lowest BCUT2D eigenvalue weighted by atomic mass is 10.3. The Kier molecular flexibility index (Phi) is 8.88. The minimum atomic E-state index is 0.340. The van der Waals surface area contributed by atoms with Crippen molar-refractivity contribution in [2.45, 2.75) is 32.8 Å². The van der Waals surface area contributed by atoms with E-state index in [1.807, 2.05) is 24.3 Å². The molecule has 0 saturated heterocycles. The van der Waals surface area contributed by atoms with Gasteiger partial charge >= 0.3 is 0 Å². The van der Waals surface area contributed by atoms with E-state index in [2.05, 4.69) is 35.1 Å². The molecule has 0 heterocycles. The van der Waals surface area contributed by atoms with Crippen molar-refractivity contribution < 1.29 is 9.47 Å². The van der Waals surface area contributed by atoms with E-state index in [0.717, 1.165) is 42.8 Å². The normalized spacial score (nSPS) is 10.9. The second kappa shape index (κ2) is 10.2. The standard InChI is InChI=1S/C15H24BrNO2/c1-13(2)18-11-4-3-9-17-10-12-19-15-7-5-14(16)6-8-15/h5-8,13,17H,3-4,9-12H2,1-2H3. The second-order valence-electron chi connectivity index (χ2n) is 4.68. The Hall–Kier alpha value is -0.580. The SMILES string of the molecule is CC(C)OCCCCNCCOc1ccc(Br)cc1. The molecule has 0 fully saturated rings. The van der Waals surface area contributed by atoms with Crippen LogP contribution in [0.15, 0.2) is 28.7 Å². The third kappa shape index (κ3) is 9.03. The van der Waals surface area contributed by atoms with Crippen molar-refractivity contribution in [1.29, 1.82) is 0 Å². The largest absolute Gasteiger partial charge is 0.492 e. The molecule has 3 nitrogen and oxygen atoms in total. The lowest BCUT2D eigenvalue weighted by molar-refractivity contribution is 0.0760. The number of benzene rings is 1. The highest BCUT2D eigenvalue weighted by Crippen LogP contribution is 2.15. The summed E-state index contributed by atoms with van der Waals surface area (Å²) in [5, 5.41) is 3.37. The van der Waals surface area contributed by atoms with E-state index in [0.29, 0.717) is 12.7 Å². The summed E-state index contributed by atoms with van der Waals surface area (Å²) in [5.74, 6) is 0.912. The van der Waals surface area contributed by atoms with Crippen molar-refractivity contribution in [3.8, 4) is 5.75 Å². The first-order chi connectivity index (χ1) is 9.18. The number of halogens is 1. The molecule has 1 N–H and O–H groups in total. The third-order valence-corrected chi connectivity index (χ3v) is 3.09. The van der Waals surface area contributed by atoms with E-state index in [9.17, 15) is 0 Å². The van der Waals surface area contributed by atoms with E-state index in [1.165, 1.54) is 0 Å². The maximum atomic E-state index is 5.61. The van der Waals surface area contributed by atoms with Gasteiger partial charge < -0.3 is 14.8 Å². The second-order valence-corrected chi connectivity index (χ2v) is 5.59. The Morgan fingerprint density at radius 1 is 1.05 bits per heavy atom. The Bertz CT molecular complexity index is 327. The van der Waals surface area contributed by atoms with Gasteiger partial charge in [0.25, 0.3) is 0 Å². The molecule has 0 amide bonds. The number of ether oxygens (including phenoxy) is 2. The molecule has 0 aliphatic heterocycles. The molecule has 1 rings (SSSR count). The average Bonchev–Trinajstić information content (AvgIpc) is 2.38. The van der Waals surface area contributed by atoms with Crippen LogP contribution in [-0.4, -0.2) is 32.4 Å². The van der Waals surface area contributed by atoms with Gasteiger partial charge in [-0.2, -0.15) is 0 Å². The molecule has 0 unspecified atom stereocenters. The van der Waals surface area contributed by atoms with Crippen LogP contribution in [0.3, 0.4) is 0 Å². The summed E-state index contributed by atoms with van der Waals surface area (Å²) < 4.78 is 12.2. The van der Waals surface area contributed by atoms with Crippen LogP contribution in [0.4, 0.5) is 0 Å². The first kappa shape index (κ1) is 16.5. The van der Waals surface area contributed by atoms with Crippen molar-refractivity contribution in [3.63, 3.8) is 0 Å². The summed E-state index contributed by atoms with van der Waals surface area (Å²) in [5.41, 5.74) is 0. The first-order valence-corrected chi connectivity index (χ1v) is 7.68. The maximum Gasteiger partial charge on any atom is 0.119 e. The predicted octanol–water partition coefficient (Wildman–Crippen LogP) is 3.62. The Morgan fingerprint density at radius 2 is 1.79 bits per heavy atom. The van der Waals surface area contributed by atoms with Gasteiger partial charge in [-0.3, -0.25) is 0 Å². The minimum absolute atomic E-state index is 0.340. The van der Waals surface area contributed by atoms with Crippen molar-refractivity contribution in [3.05, 3.63) is 28.7 Å². The smallest absolute Gasteiger partial charge is 0.119 e. The van der Waals surface area contributed by atoms with Gasteiger partial charge in [0.1, 0.15) is 12.4 Å². The molecular weight excluding hydrogens is 306 g/mol. The first-order valence-electron chi connectivity index (χ1n) is 6.89. The maximum absolute atomic E-state index is 5.61. The van der Waals surface area contributed by atoms with Gasteiger partial charge in [0, 0.05) is 17.6 Å². The molecule has 0 aliphatic rings. The van der Waals surface area contributed by atoms with Crippen LogP contribution in [0, 0.1) is 0 Å². The van der Waals surface area contributed by atoms with E-state index in [-0.39, 0.29) is 0 Å². The van der Waals surface area contributed by atoms with Crippen LogP contribution in [0.25, 0.3) is 0 Å². The van der Waals surface area contributed by atoms with Crippen molar-refractivity contribution >= 4 is 15.9 Å². The fraction of sp³-hybridized carbons (Fsp3) is 0.600. The van der Waals surface area contributed by atoms with Crippen LogP contribution >= 0.6 is 15.9 Å². The number of hydrogen-bond donors (Lipinski definition) is 1. The average molecular weight is 330 g/mol.